The molecule has 1 aromatic carbocycles. The predicted octanol–water partition coefficient (Wildman–Crippen LogP) is 3.53. The van der Waals surface area contributed by atoms with Crippen LogP contribution in [0.1, 0.15) is 26.3 Å². The number of hydrogen-bond donors (Lipinski definition) is 0. The Kier molecular flexibility index (Phi) is 5.59. The molecule has 0 amide bonds. The molecule has 1 aliphatic heterocycles. The standard InChI is InChI=1S/C17H26N2OS/c1-4-21(20,5-2)18-17-11-15(3)12-19(14-17)13-16-9-7-6-8-10-16/h6-11,15H,4-5,12-14H2,1-3H3. The van der Waals surface area contributed by atoms with Gasteiger partial charge in [0.15, 0.2) is 0 Å². The van der Waals surface area contributed by atoms with E-state index in [0.717, 1.165) is 25.3 Å². The van der Waals surface area contributed by atoms with E-state index < -0.39 is 9.73 Å². The minimum absolute atomic E-state index is 0.457. The predicted molar refractivity (Wildman–Crippen MR) is 90.6 cm³/mol. The summed E-state index contributed by atoms with van der Waals surface area (Å²) in [6.07, 6.45) is 2.19. The Morgan fingerprint density at radius 2 is 1.90 bits per heavy atom. The van der Waals surface area contributed by atoms with Gasteiger partial charge in [-0.15, -0.1) is 0 Å². The molecule has 0 N–H and O–H groups in total. The average Bonchev–Trinajstić information content (AvgIpc) is 2.47. The number of rotatable bonds is 5. The van der Waals surface area contributed by atoms with E-state index >= 15 is 0 Å². The lowest BCUT2D eigenvalue weighted by atomic mass is 10.0. The van der Waals surface area contributed by atoms with Crippen molar-refractivity contribution in [3.8, 4) is 0 Å². The summed E-state index contributed by atoms with van der Waals surface area (Å²) in [5.41, 5.74) is 2.32. The molecule has 2 rings (SSSR count). The normalized spacial score (nSPS) is 20.1. The van der Waals surface area contributed by atoms with Crippen LogP contribution in [0.2, 0.25) is 0 Å². The van der Waals surface area contributed by atoms with Crippen molar-refractivity contribution in [1.29, 1.82) is 0 Å². The molecule has 1 aliphatic rings. The molecule has 1 heterocycles. The van der Waals surface area contributed by atoms with Crippen molar-refractivity contribution in [2.75, 3.05) is 24.6 Å². The van der Waals surface area contributed by atoms with Crippen molar-refractivity contribution in [3.05, 3.63) is 47.7 Å². The lowest BCUT2D eigenvalue weighted by Crippen LogP contribution is -2.33. The van der Waals surface area contributed by atoms with E-state index in [-0.39, 0.29) is 0 Å². The van der Waals surface area contributed by atoms with Crippen LogP contribution in [0, 0.1) is 5.92 Å². The molecule has 21 heavy (non-hydrogen) atoms. The van der Waals surface area contributed by atoms with Gasteiger partial charge in [0.1, 0.15) is 0 Å². The van der Waals surface area contributed by atoms with Crippen LogP contribution in [0.15, 0.2) is 46.5 Å². The maximum absolute atomic E-state index is 12.5. The highest BCUT2D eigenvalue weighted by molar-refractivity contribution is 7.93. The van der Waals surface area contributed by atoms with E-state index in [2.05, 4.69) is 46.5 Å². The van der Waals surface area contributed by atoms with E-state index in [0.29, 0.717) is 17.4 Å². The van der Waals surface area contributed by atoms with E-state index in [1.807, 2.05) is 19.9 Å². The summed E-state index contributed by atoms with van der Waals surface area (Å²) >= 11 is 0. The Balaban J connectivity index is 2.13. The van der Waals surface area contributed by atoms with Crippen molar-refractivity contribution in [1.82, 2.24) is 4.90 Å². The van der Waals surface area contributed by atoms with Gasteiger partial charge in [-0.1, -0.05) is 57.2 Å². The molecular weight excluding hydrogens is 280 g/mol. The zero-order valence-electron chi connectivity index (χ0n) is 13.3. The van der Waals surface area contributed by atoms with Crippen molar-refractivity contribution >= 4 is 9.73 Å². The van der Waals surface area contributed by atoms with Crippen LogP contribution in [-0.4, -0.2) is 33.7 Å². The minimum atomic E-state index is -2.05. The first-order chi connectivity index (χ1) is 10.0. The Hall–Kier alpha value is -1.13. The minimum Gasteiger partial charge on any atom is -0.293 e. The van der Waals surface area contributed by atoms with Crippen molar-refractivity contribution in [2.24, 2.45) is 10.3 Å². The highest BCUT2D eigenvalue weighted by atomic mass is 32.2. The van der Waals surface area contributed by atoms with Gasteiger partial charge >= 0.3 is 0 Å². The second kappa shape index (κ2) is 7.23. The molecule has 3 nitrogen and oxygen atoms in total. The molecule has 0 aromatic heterocycles. The summed E-state index contributed by atoms with van der Waals surface area (Å²) in [7, 11) is -2.05. The maximum atomic E-state index is 12.5. The summed E-state index contributed by atoms with van der Waals surface area (Å²) in [5, 5.41) is 0. The summed E-state index contributed by atoms with van der Waals surface area (Å²) in [5.74, 6) is 1.72. The zero-order valence-corrected chi connectivity index (χ0v) is 14.1. The second-order valence-electron chi connectivity index (χ2n) is 5.73. The summed E-state index contributed by atoms with van der Waals surface area (Å²) in [6.45, 7) is 8.89. The topological polar surface area (TPSA) is 32.7 Å². The lowest BCUT2D eigenvalue weighted by Gasteiger charge is -2.29. The van der Waals surface area contributed by atoms with Crippen LogP contribution < -0.4 is 0 Å². The maximum Gasteiger partial charge on any atom is 0.0607 e. The van der Waals surface area contributed by atoms with Crippen LogP contribution in [0.3, 0.4) is 0 Å². The Labute approximate surface area is 129 Å². The highest BCUT2D eigenvalue weighted by Gasteiger charge is 2.18. The fraction of sp³-hybridized carbons (Fsp3) is 0.529. The largest absolute Gasteiger partial charge is 0.293 e. The van der Waals surface area contributed by atoms with E-state index in [4.69, 9.17) is 0 Å². The molecule has 1 aromatic rings. The van der Waals surface area contributed by atoms with Gasteiger partial charge in [-0.25, -0.2) is 8.57 Å². The van der Waals surface area contributed by atoms with Gasteiger partial charge < -0.3 is 0 Å². The van der Waals surface area contributed by atoms with Crippen molar-refractivity contribution in [2.45, 2.75) is 27.3 Å². The van der Waals surface area contributed by atoms with Gasteiger partial charge in [-0.3, -0.25) is 4.90 Å². The van der Waals surface area contributed by atoms with E-state index in [1.165, 1.54) is 5.56 Å². The third-order valence-corrected chi connectivity index (χ3v) is 6.22. The molecule has 0 aliphatic carbocycles. The van der Waals surface area contributed by atoms with Gasteiger partial charge in [0, 0.05) is 31.1 Å². The fourth-order valence-electron chi connectivity index (χ4n) is 2.70. The fourth-order valence-corrected chi connectivity index (χ4v) is 3.92. The molecule has 0 saturated carbocycles. The van der Waals surface area contributed by atoms with Gasteiger partial charge in [0.25, 0.3) is 0 Å². The quantitative estimate of drug-likeness (QED) is 0.833. The third kappa shape index (κ3) is 4.68. The van der Waals surface area contributed by atoms with Crippen LogP contribution in [0.5, 0.6) is 0 Å². The smallest absolute Gasteiger partial charge is 0.0607 e. The lowest BCUT2D eigenvalue weighted by molar-refractivity contribution is 0.250. The summed E-state index contributed by atoms with van der Waals surface area (Å²) < 4.78 is 17.1. The van der Waals surface area contributed by atoms with Crippen molar-refractivity contribution < 1.29 is 4.21 Å². The first-order valence-electron chi connectivity index (χ1n) is 7.74. The molecule has 0 bridgehead atoms. The van der Waals surface area contributed by atoms with Gasteiger partial charge in [0.05, 0.1) is 15.4 Å². The molecule has 0 saturated heterocycles. The van der Waals surface area contributed by atoms with Gasteiger partial charge in [-0.2, -0.15) is 0 Å². The SMILES string of the molecule is CCS(=O)(CC)=NC1=CC(C)CN(Cc2ccccc2)C1. The average molecular weight is 306 g/mol. The summed E-state index contributed by atoms with van der Waals surface area (Å²) in [4.78, 5) is 2.39. The first-order valence-corrected chi connectivity index (χ1v) is 9.59. The van der Waals surface area contributed by atoms with Gasteiger partial charge in [-0.05, 0) is 11.5 Å². The highest BCUT2D eigenvalue weighted by Crippen LogP contribution is 2.19. The van der Waals surface area contributed by atoms with Crippen LogP contribution in [0.4, 0.5) is 0 Å². The Bertz CT molecular complexity index is 590. The molecule has 1 atom stereocenters. The molecule has 0 spiro atoms. The monoisotopic (exact) mass is 306 g/mol. The van der Waals surface area contributed by atoms with Crippen molar-refractivity contribution in [3.63, 3.8) is 0 Å². The summed E-state index contributed by atoms with van der Waals surface area (Å²) in [6, 6.07) is 10.5. The number of nitrogens with zero attached hydrogens (tertiary/aromatic N) is 2. The van der Waals surface area contributed by atoms with Crippen LogP contribution >= 0.6 is 0 Å². The second-order valence-corrected chi connectivity index (χ2v) is 8.61. The molecule has 0 fully saturated rings. The zero-order chi connectivity index (χ0) is 15.3. The molecule has 4 heteroatoms. The molecule has 1 unspecified atom stereocenters. The third-order valence-electron chi connectivity index (χ3n) is 3.84. The Morgan fingerprint density at radius 3 is 2.52 bits per heavy atom. The van der Waals surface area contributed by atoms with Gasteiger partial charge in [0.2, 0.25) is 0 Å². The van der Waals surface area contributed by atoms with E-state index in [9.17, 15) is 4.21 Å². The van der Waals surface area contributed by atoms with Crippen LogP contribution in [0.25, 0.3) is 0 Å². The molecule has 0 radical (unpaired) electrons. The number of benzene rings is 1. The van der Waals surface area contributed by atoms with E-state index in [1.54, 1.807) is 0 Å². The van der Waals surface area contributed by atoms with Crippen LogP contribution in [-0.2, 0) is 16.3 Å². The Morgan fingerprint density at radius 1 is 1.24 bits per heavy atom. The molecular formula is C17H26N2OS. The number of hydrogen-bond acceptors (Lipinski definition) is 3. The first kappa shape index (κ1) is 16.2. The molecule has 116 valence electrons.